The van der Waals surface area contributed by atoms with Crippen molar-refractivity contribution in [1.29, 1.82) is 0 Å². The van der Waals surface area contributed by atoms with E-state index in [1.807, 2.05) is 6.07 Å². The molecular weight excluding hydrogens is 314 g/mol. The number of hydrogen-bond donors (Lipinski definition) is 0. The smallest absolute Gasteiger partial charge is 0.131 e. The van der Waals surface area contributed by atoms with Gasteiger partial charge < -0.3 is 9.80 Å². The summed E-state index contributed by atoms with van der Waals surface area (Å²) in [5.41, 5.74) is 3.27. The van der Waals surface area contributed by atoms with Crippen LogP contribution in [0.4, 0.5) is 17.1 Å². The van der Waals surface area contributed by atoms with Crippen LogP contribution in [0.3, 0.4) is 0 Å². The maximum absolute atomic E-state index is 4.97. The Balaban J connectivity index is 2.20. The van der Waals surface area contributed by atoms with Gasteiger partial charge in [-0.25, -0.2) is 4.99 Å². The van der Waals surface area contributed by atoms with Gasteiger partial charge in [-0.3, -0.25) is 0 Å². The third kappa shape index (κ3) is 3.20. The fraction of sp³-hybridized carbons (Fsp3) is 0.250. The lowest BCUT2D eigenvalue weighted by Crippen LogP contribution is -2.29. The number of likely N-dealkylation sites (N-methyl/N-ethyl adjacent to an activating group) is 1. The number of amidine groups is 1. The highest BCUT2D eigenvalue weighted by atomic mass is 32.2. The van der Waals surface area contributed by atoms with Gasteiger partial charge in [-0.15, -0.1) is 11.8 Å². The fourth-order valence-corrected chi connectivity index (χ4v) is 3.51. The molecule has 0 saturated carbocycles. The Morgan fingerprint density at radius 1 is 0.958 bits per heavy atom. The van der Waals surface area contributed by atoms with Crippen LogP contribution in [0, 0.1) is 0 Å². The lowest BCUT2D eigenvalue weighted by Gasteiger charge is -2.26. The first-order chi connectivity index (χ1) is 11.8. The molecule has 0 aliphatic carbocycles. The molecule has 3 nitrogen and oxygen atoms in total. The first-order valence-electron chi connectivity index (χ1n) is 8.32. The Morgan fingerprint density at radius 2 is 1.62 bits per heavy atom. The Morgan fingerprint density at radius 3 is 2.29 bits per heavy atom. The Bertz CT molecular complexity index is 748. The van der Waals surface area contributed by atoms with E-state index < -0.39 is 0 Å². The van der Waals surface area contributed by atoms with Gasteiger partial charge in [0.2, 0.25) is 0 Å². The van der Waals surface area contributed by atoms with Gasteiger partial charge in [0.15, 0.2) is 0 Å². The van der Waals surface area contributed by atoms with E-state index in [0.29, 0.717) is 0 Å². The van der Waals surface area contributed by atoms with Crippen molar-refractivity contribution in [3.8, 4) is 0 Å². The van der Waals surface area contributed by atoms with Gasteiger partial charge in [0.05, 0.1) is 16.4 Å². The summed E-state index contributed by atoms with van der Waals surface area (Å²) >= 11 is 1.75. The maximum Gasteiger partial charge on any atom is 0.131 e. The Kier molecular flexibility index (Phi) is 5.26. The average molecular weight is 337 g/mol. The summed E-state index contributed by atoms with van der Waals surface area (Å²) in [5.74, 6) is 1.02. The zero-order chi connectivity index (χ0) is 16.9. The summed E-state index contributed by atoms with van der Waals surface area (Å²) in [6.07, 6.45) is 4.32. The number of fused-ring (bicyclic) bond motifs is 1. The first kappa shape index (κ1) is 16.7. The van der Waals surface area contributed by atoms with Gasteiger partial charge in [0.1, 0.15) is 5.84 Å². The molecular formula is C20H23N3S. The predicted octanol–water partition coefficient (Wildman–Crippen LogP) is 5.41. The molecule has 0 spiro atoms. The number of nitrogens with zero attached hydrogens (tertiary/aromatic N) is 3. The molecule has 3 rings (SSSR count). The molecule has 1 aliphatic rings. The van der Waals surface area contributed by atoms with Gasteiger partial charge >= 0.3 is 0 Å². The topological polar surface area (TPSA) is 18.8 Å². The number of hydrogen-bond acceptors (Lipinski definition) is 4. The molecule has 24 heavy (non-hydrogen) atoms. The number of aliphatic imine (C=N–C) groups is 1. The molecule has 0 fully saturated rings. The highest BCUT2D eigenvalue weighted by Crippen LogP contribution is 2.41. The maximum atomic E-state index is 4.97. The summed E-state index contributed by atoms with van der Waals surface area (Å²) in [6.45, 7) is 6.23. The number of anilines is 2. The van der Waals surface area contributed by atoms with Gasteiger partial charge in [-0.1, -0.05) is 30.3 Å². The monoisotopic (exact) mass is 337 g/mol. The lowest BCUT2D eigenvalue weighted by molar-refractivity contribution is 0.468. The molecule has 1 heterocycles. The summed E-state index contributed by atoms with van der Waals surface area (Å²) in [4.78, 5) is 9.55. The van der Waals surface area contributed by atoms with Crippen molar-refractivity contribution in [2.24, 2.45) is 4.99 Å². The third-order valence-corrected chi connectivity index (χ3v) is 4.86. The van der Waals surface area contributed by atoms with E-state index in [2.05, 4.69) is 84.5 Å². The molecule has 0 amide bonds. The molecule has 0 bridgehead atoms. The highest BCUT2D eigenvalue weighted by Gasteiger charge is 2.22. The summed E-state index contributed by atoms with van der Waals surface area (Å²) in [7, 11) is 0. The van der Waals surface area contributed by atoms with Crippen LogP contribution in [0.25, 0.3) is 0 Å². The molecule has 124 valence electrons. The van der Waals surface area contributed by atoms with Crippen LogP contribution in [0.15, 0.2) is 70.7 Å². The van der Waals surface area contributed by atoms with Crippen molar-refractivity contribution in [2.75, 3.05) is 24.2 Å². The van der Waals surface area contributed by atoms with Crippen molar-refractivity contribution >= 4 is 34.7 Å². The average Bonchev–Trinajstić information content (AvgIpc) is 2.80. The van der Waals surface area contributed by atoms with E-state index in [-0.39, 0.29) is 0 Å². The van der Waals surface area contributed by atoms with Gasteiger partial charge in [0, 0.05) is 24.9 Å². The first-order valence-corrected chi connectivity index (χ1v) is 9.54. The quantitative estimate of drug-likeness (QED) is 0.743. The fourth-order valence-electron chi connectivity index (χ4n) is 2.90. The van der Waals surface area contributed by atoms with Crippen LogP contribution in [-0.4, -0.2) is 30.1 Å². The van der Waals surface area contributed by atoms with E-state index in [9.17, 15) is 0 Å². The molecule has 0 unspecified atom stereocenters. The minimum Gasteiger partial charge on any atom is -0.357 e. The van der Waals surface area contributed by atoms with E-state index in [1.54, 1.807) is 11.8 Å². The standard InChI is InChI=1S/C20H23N3S/c1-4-22(5-2)19-15-20(24-3)23(16-11-7-6-8-12-16)18-14-10-9-13-17(18)21-19/h6-15H,4-5H2,1-3H3. The Hall–Kier alpha value is -2.20. The molecule has 4 heteroatoms. The molecule has 1 aliphatic heterocycles. The third-order valence-electron chi connectivity index (χ3n) is 4.14. The minimum atomic E-state index is 0.945. The lowest BCUT2D eigenvalue weighted by atomic mass is 10.2. The van der Waals surface area contributed by atoms with Crippen LogP contribution in [0.1, 0.15) is 13.8 Å². The Labute approximate surface area is 148 Å². The summed E-state index contributed by atoms with van der Waals surface area (Å²) in [6, 6.07) is 18.8. The van der Waals surface area contributed by atoms with Crippen LogP contribution < -0.4 is 4.90 Å². The molecule has 0 N–H and O–H groups in total. The molecule has 0 aromatic heterocycles. The molecule has 2 aromatic rings. The van der Waals surface area contributed by atoms with Crippen LogP contribution in [0.2, 0.25) is 0 Å². The van der Waals surface area contributed by atoms with Crippen molar-refractivity contribution in [3.05, 3.63) is 65.7 Å². The number of benzene rings is 2. The number of para-hydroxylation sites is 3. The molecule has 2 aromatic carbocycles. The van der Waals surface area contributed by atoms with E-state index >= 15 is 0 Å². The summed E-state index contributed by atoms with van der Waals surface area (Å²) < 4.78 is 0. The van der Waals surface area contributed by atoms with Gasteiger partial charge in [-0.2, -0.15) is 0 Å². The van der Waals surface area contributed by atoms with E-state index in [4.69, 9.17) is 4.99 Å². The van der Waals surface area contributed by atoms with Gasteiger partial charge in [0.25, 0.3) is 0 Å². The minimum absolute atomic E-state index is 0.945. The van der Waals surface area contributed by atoms with Crippen LogP contribution in [0.5, 0.6) is 0 Å². The van der Waals surface area contributed by atoms with E-state index in [0.717, 1.165) is 36.0 Å². The van der Waals surface area contributed by atoms with Gasteiger partial charge in [-0.05, 0) is 44.4 Å². The normalized spacial score (nSPS) is 13.7. The second-order valence-electron chi connectivity index (χ2n) is 5.49. The summed E-state index contributed by atoms with van der Waals surface area (Å²) in [5, 5.41) is 1.18. The largest absolute Gasteiger partial charge is 0.357 e. The zero-order valence-corrected chi connectivity index (χ0v) is 15.3. The SMILES string of the molecule is CCN(CC)C1=Nc2ccccc2N(c2ccccc2)C(SC)=C1. The van der Waals surface area contributed by atoms with Crippen molar-refractivity contribution in [3.63, 3.8) is 0 Å². The van der Waals surface area contributed by atoms with Crippen LogP contribution >= 0.6 is 11.8 Å². The number of rotatable bonds is 4. The van der Waals surface area contributed by atoms with Crippen molar-refractivity contribution in [1.82, 2.24) is 4.90 Å². The second-order valence-corrected chi connectivity index (χ2v) is 6.32. The molecule has 0 atom stereocenters. The van der Waals surface area contributed by atoms with Crippen molar-refractivity contribution in [2.45, 2.75) is 13.8 Å². The van der Waals surface area contributed by atoms with E-state index in [1.165, 1.54) is 5.03 Å². The molecule has 0 saturated heterocycles. The highest BCUT2D eigenvalue weighted by molar-refractivity contribution is 8.02. The zero-order valence-electron chi connectivity index (χ0n) is 14.4. The molecule has 0 radical (unpaired) electrons. The number of thioether (sulfide) groups is 1. The second kappa shape index (κ2) is 7.58. The van der Waals surface area contributed by atoms with Crippen LogP contribution in [-0.2, 0) is 0 Å². The van der Waals surface area contributed by atoms with Crippen molar-refractivity contribution < 1.29 is 0 Å². The predicted molar refractivity (Wildman–Crippen MR) is 107 cm³/mol.